The lowest BCUT2D eigenvalue weighted by molar-refractivity contribution is -0.132. The van der Waals surface area contributed by atoms with E-state index in [0.29, 0.717) is 47.8 Å². The van der Waals surface area contributed by atoms with Crippen LogP contribution in [0.25, 0.3) is 27.7 Å². The van der Waals surface area contributed by atoms with Gasteiger partial charge in [0.05, 0.1) is 12.6 Å². The number of amides is 1. The van der Waals surface area contributed by atoms with E-state index in [-0.39, 0.29) is 11.9 Å². The molecule has 33 heavy (non-hydrogen) atoms. The van der Waals surface area contributed by atoms with Crippen LogP contribution in [0.3, 0.4) is 0 Å². The maximum atomic E-state index is 12.9. The van der Waals surface area contributed by atoms with Crippen molar-refractivity contribution < 1.29 is 18.3 Å². The Morgan fingerprint density at radius 2 is 2.15 bits per heavy atom. The van der Waals surface area contributed by atoms with Gasteiger partial charge in [-0.15, -0.1) is 10.2 Å². The van der Waals surface area contributed by atoms with Gasteiger partial charge in [0.2, 0.25) is 17.7 Å². The number of anilines is 1. The fraction of sp³-hybridized carbons (Fsp3) is 0.381. The van der Waals surface area contributed by atoms with Crippen LogP contribution in [0.1, 0.15) is 12.8 Å². The summed E-state index contributed by atoms with van der Waals surface area (Å²) in [4.78, 5) is 18.0. The second kappa shape index (κ2) is 8.26. The summed E-state index contributed by atoms with van der Waals surface area (Å²) in [7, 11) is 3.30. The number of nitrogens with one attached hydrogen (secondary N) is 1. The average Bonchev–Trinajstić information content (AvgIpc) is 3.39. The molecule has 1 atom stereocenters. The number of hydrogen-bond acceptors (Lipinski definition) is 7. The Balaban J connectivity index is 1.51. The van der Waals surface area contributed by atoms with Gasteiger partial charge >= 0.3 is 0 Å². The van der Waals surface area contributed by atoms with Crippen molar-refractivity contribution in [2.75, 3.05) is 26.0 Å². The van der Waals surface area contributed by atoms with Crippen LogP contribution in [0.15, 0.2) is 30.5 Å². The topological polar surface area (TPSA) is 102 Å². The van der Waals surface area contributed by atoms with E-state index in [1.165, 1.54) is 11.8 Å². The number of carbonyl (C=O) groups is 1. The highest BCUT2D eigenvalue weighted by Crippen LogP contribution is 2.33. The van der Waals surface area contributed by atoms with Gasteiger partial charge in [0.25, 0.3) is 6.43 Å². The molecule has 1 saturated heterocycles. The lowest BCUT2D eigenvalue weighted by Crippen LogP contribution is -2.43. The molecule has 1 aromatic carbocycles. The van der Waals surface area contributed by atoms with Crippen molar-refractivity contribution >= 4 is 28.4 Å². The SMILES string of the molecule is COc1nc(N[C@@H]2CCC(=O)N(C)C2)nn2ccc(-c3ccc4nnn(CC(F)F)c4c3)c12. The molecule has 0 unspecified atom stereocenters. The van der Waals surface area contributed by atoms with Crippen molar-refractivity contribution in [2.45, 2.75) is 31.9 Å². The largest absolute Gasteiger partial charge is 0.479 e. The molecule has 0 aliphatic carbocycles. The lowest BCUT2D eigenvalue weighted by atomic mass is 10.1. The van der Waals surface area contributed by atoms with E-state index < -0.39 is 13.0 Å². The minimum atomic E-state index is -2.53. The second-order valence-electron chi connectivity index (χ2n) is 7.99. The van der Waals surface area contributed by atoms with Gasteiger partial charge in [-0.3, -0.25) is 4.79 Å². The number of fused-ring (bicyclic) bond motifs is 2. The zero-order chi connectivity index (χ0) is 23.1. The summed E-state index contributed by atoms with van der Waals surface area (Å²) >= 11 is 0. The first-order valence-electron chi connectivity index (χ1n) is 10.5. The molecule has 0 bridgehead atoms. The van der Waals surface area contributed by atoms with Crippen LogP contribution < -0.4 is 10.1 Å². The molecule has 12 heteroatoms. The van der Waals surface area contributed by atoms with Gasteiger partial charge in [-0.25, -0.2) is 18.0 Å². The number of methoxy groups -OCH3 is 1. The zero-order valence-electron chi connectivity index (χ0n) is 18.1. The number of aromatic nitrogens is 6. The van der Waals surface area contributed by atoms with Crippen LogP contribution >= 0.6 is 0 Å². The zero-order valence-corrected chi connectivity index (χ0v) is 18.1. The van der Waals surface area contributed by atoms with Crippen molar-refractivity contribution in [1.82, 2.24) is 34.5 Å². The molecule has 0 saturated carbocycles. The van der Waals surface area contributed by atoms with E-state index in [1.54, 1.807) is 34.8 Å². The van der Waals surface area contributed by atoms with Crippen LogP contribution in [0.2, 0.25) is 0 Å². The molecule has 1 amide bonds. The highest BCUT2D eigenvalue weighted by atomic mass is 19.3. The van der Waals surface area contributed by atoms with Crippen LogP contribution in [-0.2, 0) is 11.3 Å². The van der Waals surface area contributed by atoms with E-state index in [9.17, 15) is 13.6 Å². The average molecular weight is 456 g/mol. The number of alkyl halides is 2. The van der Waals surface area contributed by atoms with E-state index in [4.69, 9.17) is 4.74 Å². The van der Waals surface area contributed by atoms with E-state index in [0.717, 1.165) is 11.1 Å². The molecule has 1 fully saturated rings. The van der Waals surface area contributed by atoms with Crippen molar-refractivity contribution in [3.8, 4) is 17.0 Å². The minimum Gasteiger partial charge on any atom is -0.479 e. The Labute approximate surface area is 187 Å². The van der Waals surface area contributed by atoms with Crippen molar-refractivity contribution in [1.29, 1.82) is 0 Å². The minimum absolute atomic E-state index is 0.0370. The van der Waals surface area contributed by atoms with Crippen LogP contribution in [0.4, 0.5) is 14.7 Å². The van der Waals surface area contributed by atoms with Gasteiger partial charge in [-0.05, 0) is 30.2 Å². The highest BCUT2D eigenvalue weighted by Gasteiger charge is 2.24. The normalized spacial score (nSPS) is 16.8. The maximum Gasteiger partial charge on any atom is 0.258 e. The van der Waals surface area contributed by atoms with Crippen molar-refractivity contribution in [2.24, 2.45) is 0 Å². The van der Waals surface area contributed by atoms with Gasteiger partial charge in [-0.1, -0.05) is 11.3 Å². The third-order valence-electron chi connectivity index (χ3n) is 5.77. The number of nitrogens with zero attached hydrogens (tertiary/aromatic N) is 7. The van der Waals surface area contributed by atoms with Crippen LogP contribution in [0, 0.1) is 0 Å². The van der Waals surface area contributed by atoms with Gasteiger partial charge in [0, 0.05) is 37.8 Å². The fourth-order valence-corrected chi connectivity index (χ4v) is 4.14. The molecule has 172 valence electrons. The third kappa shape index (κ3) is 3.92. The first kappa shape index (κ1) is 21.0. The Hall–Kier alpha value is -3.83. The third-order valence-corrected chi connectivity index (χ3v) is 5.77. The summed E-state index contributed by atoms with van der Waals surface area (Å²) < 4.78 is 34.2. The molecule has 0 radical (unpaired) electrons. The number of likely N-dealkylation sites (N-methyl/N-ethyl adjacent to an activating group) is 1. The Bertz CT molecular complexity index is 1330. The van der Waals surface area contributed by atoms with Crippen LogP contribution in [-0.4, -0.2) is 73.6 Å². The molecule has 3 aromatic heterocycles. The quantitative estimate of drug-likeness (QED) is 0.475. The van der Waals surface area contributed by atoms with Gasteiger partial charge in [0.15, 0.2) is 0 Å². The van der Waals surface area contributed by atoms with Crippen molar-refractivity contribution in [3.63, 3.8) is 0 Å². The number of ether oxygens (including phenoxy) is 1. The van der Waals surface area contributed by atoms with E-state index >= 15 is 0 Å². The fourth-order valence-electron chi connectivity index (χ4n) is 4.14. The summed E-state index contributed by atoms with van der Waals surface area (Å²) in [6.45, 7) is 0.0414. The molecule has 0 spiro atoms. The Morgan fingerprint density at radius 3 is 2.91 bits per heavy atom. The molecule has 5 rings (SSSR count). The summed E-state index contributed by atoms with van der Waals surface area (Å²) in [5.74, 6) is 0.884. The van der Waals surface area contributed by atoms with E-state index in [2.05, 4.69) is 25.7 Å². The summed E-state index contributed by atoms with van der Waals surface area (Å²) in [5.41, 5.74) is 3.26. The van der Waals surface area contributed by atoms with Gasteiger partial charge < -0.3 is 15.0 Å². The number of likely N-dealkylation sites (tertiary alicyclic amines) is 1. The van der Waals surface area contributed by atoms with Crippen molar-refractivity contribution in [3.05, 3.63) is 30.5 Å². The molecule has 1 aliphatic heterocycles. The summed E-state index contributed by atoms with van der Waals surface area (Å²) in [6.07, 6.45) is 0.427. The standard InChI is InChI=1S/C21H22F2N8O2/c1-29-10-13(4-6-18(29)32)24-21-25-20(33-2)19-14(7-8-30(19)27-21)12-3-5-15-16(9-12)31(28-26-15)11-17(22)23/h3,5,7-9,13,17H,4,6,10-11H2,1-2H3,(H,24,27)/t13-/m1/s1. The number of benzene rings is 1. The first-order valence-corrected chi connectivity index (χ1v) is 10.5. The molecule has 4 aromatic rings. The second-order valence-corrected chi connectivity index (χ2v) is 7.99. The number of carbonyl (C=O) groups excluding carboxylic acids is 1. The van der Waals surface area contributed by atoms with Gasteiger partial charge in [-0.2, -0.15) is 4.98 Å². The first-order chi connectivity index (χ1) is 15.9. The highest BCUT2D eigenvalue weighted by molar-refractivity contribution is 5.89. The molecular formula is C21H22F2N8O2. The number of halogens is 2. The molecule has 4 heterocycles. The van der Waals surface area contributed by atoms with Gasteiger partial charge in [0.1, 0.15) is 17.6 Å². The summed E-state index contributed by atoms with van der Waals surface area (Å²) in [6, 6.07) is 7.27. The Morgan fingerprint density at radius 1 is 1.30 bits per heavy atom. The molecule has 1 N–H and O–H groups in total. The monoisotopic (exact) mass is 456 g/mol. The number of piperidine rings is 1. The number of rotatable bonds is 6. The number of hydrogen-bond donors (Lipinski definition) is 1. The predicted octanol–water partition coefficient (Wildman–Crippen LogP) is 2.45. The summed E-state index contributed by atoms with van der Waals surface area (Å²) in [5, 5.41) is 15.6. The van der Waals surface area contributed by atoms with E-state index in [1.807, 2.05) is 12.1 Å². The Kier molecular flexibility index (Phi) is 5.27. The van der Waals surface area contributed by atoms with Crippen LogP contribution in [0.5, 0.6) is 5.88 Å². The predicted molar refractivity (Wildman–Crippen MR) is 116 cm³/mol. The maximum absolute atomic E-state index is 12.9. The molecule has 10 nitrogen and oxygen atoms in total. The lowest BCUT2D eigenvalue weighted by Gasteiger charge is -2.30. The molecular weight excluding hydrogens is 434 g/mol. The molecule has 1 aliphatic rings. The smallest absolute Gasteiger partial charge is 0.258 e.